The fraction of sp³-hybridized carbons (Fsp3) is 0.774. The highest BCUT2D eigenvalue weighted by Crippen LogP contribution is 2.14. The molecule has 0 fully saturated rings. The normalized spacial score (nSPS) is 12.7. The van der Waals surface area contributed by atoms with E-state index < -0.39 is 6.10 Å². The van der Waals surface area contributed by atoms with Gasteiger partial charge in [0.1, 0.15) is 6.61 Å². The highest BCUT2D eigenvalue weighted by Gasteiger charge is 2.17. The van der Waals surface area contributed by atoms with E-state index in [9.17, 15) is 9.59 Å². The van der Waals surface area contributed by atoms with Crippen molar-refractivity contribution in [2.24, 2.45) is 0 Å². The summed E-state index contributed by atoms with van der Waals surface area (Å²) in [7, 11) is 0. The second-order valence-corrected chi connectivity index (χ2v) is 16.4. The molecule has 1 unspecified atom stereocenters. The van der Waals surface area contributed by atoms with Gasteiger partial charge in [-0.1, -0.05) is 204 Å². The Bertz CT molecular complexity index is 1010. The highest BCUT2D eigenvalue weighted by atomic mass is 16.6. The second kappa shape index (κ2) is 49.0. The third kappa shape index (κ3) is 46.3. The largest absolute Gasteiger partial charge is 0.462 e. The fourth-order valence-electron chi connectivity index (χ4n) is 6.79. The monoisotopic (exact) mass is 811 g/mol. The van der Waals surface area contributed by atoms with Gasteiger partial charge in [-0.2, -0.15) is 0 Å². The first-order chi connectivity index (χ1) is 28.6. The molecule has 0 aromatic rings. The Kier molecular flexibility index (Phi) is 46.9. The molecule has 0 bridgehead atoms. The summed E-state index contributed by atoms with van der Waals surface area (Å²) in [4.78, 5) is 25.3. The van der Waals surface area contributed by atoms with Crippen LogP contribution in [0, 0.1) is 0 Å². The summed E-state index contributed by atoms with van der Waals surface area (Å²) in [5.74, 6) is -0.416. The van der Waals surface area contributed by atoms with Crippen molar-refractivity contribution in [3.8, 4) is 0 Å². The van der Waals surface area contributed by atoms with E-state index in [0.29, 0.717) is 19.4 Å². The summed E-state index contributed by atoms with van der Waals surface area (Å²) in [6.45, 7) is 7.70. The van der Waals surface area contributed by atoms with E-state index in [1.807, 2.05) is 0 Å². The van der Waals surface area contributed by atoms with Crippen LogP contribution in [0.4, 0.5) is 0 Å². The predicted molar refractivity (Wildman–Crippen MR) is 251 cm³/mol. The first-order valence-corrected chi connectivity index (χ1v) is 24.8. The molecular formula is C53H94O5. The third-order valence-electron chi connectivity index (χ3n) is 10.5. The summed E-state index contributed by atoms with van der Waals surface area (Å²) in [5.41, 5.74) is 0. The summed E-state index contributed by atoms with van der Waals surface area (Å²) in [5, 5.41) is 0. The zero-order valence-electron chi connectivity index (χ0n) is 38.6. The van der Waals surface area contributed by atoms with Gasteiger partial charge in [-0.15, -0.1) is 0 Å². The van der Waals surface area contributed by atoms with Crippen LogP contribution in [0.1, 0.15) is 239 Å². The summed E-state index contributed by atoms with van der Waals surface area (Å²) >= 11 is 0. The van der Waals surface area contributed by atoms with Crippen LogP contribution >= 0.6 is 0 Å². The SMILES string of the molecule is CCC/C=C\C/C=C\CCCCCCCCOCC(COC(=O)CCCCCCCC/C=C\C/C=C\C/C=C\CCCCC)OC(=O)CCCCCCCCCCC. The quantitative estimate of drug-likeness (QED) is 0.0348. The minimum absolute atomic E-state index is 0.0747. The molecule has 0 aromatic heterocycles. The smallest absolute Gasteiger partial charge is 0.306 e. The third-order valence-corrected chi connectivity index (χ3v) is 10.5. The van der Waals surface area contributed by atoms with Gasteiger partial charge in [0.15, 0.2) is 6.10 Å². The van der Waals surface area contributed by atoms with Crippen LogP contribution < -0.4 is 0 Å². The van der Waals surface area contributed by atoms with Gasteiger partial charge < -0.3 is 14.2 Å². The number of esters is 2. The van der Waals surface area contributed by atoms with E-state index in [1.165, 1.54) is 135 Å². The zero-order chi connectivity index (χ0) is 42.1. The highest BCUT2D eigenvalue weighted by molar-refractivity contribution is 5.70. The summed E-state index contributed by atoms with van der Waals surface area (Å²) < 4.78 is 17.3. The zero-order valence-corrected chi connectivity index (χ0v) is 38.6. The minimum Gasteiger partial charge on any atom is -0.462 e. The van der Waals surface area contributed by atoms with Crippen molar-refractivity contribution >= 4 is 11.9 Å². The van der Waals surface area contributed by atoms with E-state index >= 15 is 0 Å². The van der Waals surface area contributed by atoms with Crippen LogP contribution in [-0.4, -0.2) is 37.9 Å². The van der Waals surface area contributed by atoms with Gasteiger partial charge in [-0.3, -0.25) is 9.59 Å². The Labute approximate surface area is 360 Å². The maximum atomic E-state index is 12.7. The molecule has 0 heterocycles. The predicted octanol–water partition coefficient (Wildman–Crippen LogP) is 16.6. The van der Waals surface area contributed by atoms with E-state index in [1.54, 1.807) is 0 Å². The molecule has 0 aromatic carbocycles. The van der Waals surface area contributed by atoms with Crippen LogP contribution in [0.25, 0.3) is 0 Å². The molecule has 0 saturated heterocycles. The lowest BCUT2D eigenvalue weighted by Crippen LogP contribution is -2.30. The number of unbranched alkanes of at least 4 members (excludes halogenated alkanes) is 24. The average molecular weight is 811 g/mol. The van der Waals surface area contributed by atoms with Crippen LogP contribution in [0.15, 0.2) is 60.8 Å². The Morgan fingerprint density at radius 2 is 0.759 bits per heavy atom. The lowest BCUT2D eigenvalue weighted by molar-refractivity contribution is -0.163. The maximum absolute atomic E-state index is 12.7. The molecule has 0 aliphatic carbocycles. The Morgan fingerprint density at radius 1 is 0.379 bits per heavy atom. The van der Waals surface area contributed by atoms with E-state index in [2.05, 4.69) is 81.5 Å². The molecule has 5 heteroatoms. The van der Waals surface area contributed by atoms with Gasteiger partial charge in [-0.25, -0.2) is 0 Å². The molecule has 58 heavy (non-hydrogen) atoms. The van der Waals surface area contributed by atoms with Crippen molar-refractivity contribution < 1.29 is 23.8 Å². The molecule has 0 rings (SSSR count). The van der Waals surface area contributed by atoms with Crippen molar-refractivity contribution in [2.45, 2.75) is 245 Å². The van der Waals surface area contributed by atoms with Crippen LogP contribution in [0.2, 0.25) is 0 Å². The van der Waals surface area contributed by atoms with Gasteiger partial charge in [-0.05, 0) is 83.5 Å². The van der Waals surface area contributed by atoms with Gasteiger partial charge in [0.05, 0.1) is 6.61 Å². The number of hydrogen-bond acceptors (Lipinski definition) is 5. The topological polar surface area (TPSA) is 61.8 Å². The number of rotatable bonds is 45. The van der Waals surface area contributed by atoms with Crippen molar-refractivity contribution in [3.63, 3.8) is 0 Å². The standard InChI is InChI=1S/C53H94O5/c1-4-7-10-13-16-19-21-23-25-26-27-28-29-30-32-35-37-40-43-46-52(54)57-50-51(58-53(55)47-44-41-38-34-18-15-12-9-6-3)49-56-48-45-42-39-36-33-31-24-22-20-17-14-11-8-5-2/h11,14,16,19-20,22-23,25,27-28,51H,4-10,12-13,15,17-18,21,24,26,29-50H2,1-3H3/b14-11-,19-16-,22-20-,25-23-,28-27-. The molecule has 0 radical (unpaired) electrons. The van der Waals surface area contributed by atoms with Crippen molar-refractivity contribution in [1.29, 1.82) is 0 Å². The Balaban J connectivity index is 4.22. The van der Waals surface area contributed by atoms with Gasteiger partial charge in [0.25, 0.3) is 0 Å². The Morgan fingerprint density at radius 3 is 1.26 bits per heavy atom. The second-order valence-electron chi connectivity index (χ2n) is 16.4. The lowest BCUT2D eigenvalue weighted by atomic mass is 10.1. The van der Waals surface area contributed by atoms with Crippen LogP contribution in [0.3, 0.4) is 0 Å². The van der Waals surface area contributed by atoms with Crippen molar-refractivity contribution in [3.05, 3.63) is 60.8 Å². The fourth-order valence-corrected chi connectivity index (χ4v) is 6.79. The number of hydrogen-bond donors (Lipinski definition) is 0. The molecule has 0 aliphatic heterocycles. The van der Waals surface area contributed by atoms with Crippen molar-refractivity contribution in [1.82, 2.24) is 0 Å². The van der Waals surface area contributed by atoms with E-state index in [4.69, 9.17) is 14.2 Å². The number of allylic oxidation sites excluding steroid dienone is 10. The van der Waals surface area contributed by atoms with Crippen LogP contribution in [0.5, 0.6) is 0 Å². The van der Waals surface area contributed by atoms with Crippen molar-refractivity contribution in [2.75, 3.05) is 19.8 Å². The van der Waals surface area contributed by atoms with Gasteiger partial charge in [0, 0.05) is 19.4 Å². The number of carbonyl (C=O) groups excluding carboxylic acids is 2. The number of ether oxygens (including phenoxy) is 3. The van der Waals surface area contributed by atoms with Gasteiger partial charge >= 0.3 is 11.9 Å². The number of carbonyl (C=O) groups is 2. The van der Waals surface area contributed by atoms with E-state index in [0.717, 1.165) is 70.6 Å². The first-order valence-electron chi connectivity index (χ1n) is 24.8. The Hall–Kier alpha value is -2.40. The average Bonchev–Trinajstić information content (AvgIpc) is 3.22. The van der Waals surface area contributed by atoms with E-state index in [-0.39, 0.29) is 25.2 Å². The molecule has 1 atom stereocenters. The molecule has 0 spiro atoms. The molecule has 0 aliphatic rings. The molecular weight excluding hydrogens is 717 g/mol. The maximum Gasteiger partial charge on any atom is 0.306 e. The summed E-state index contributed by atoms with van der Waals surface area (Å²) in [6, 6.07) is 0. The first kappa shape index (κ1) is 55.6. The summed E-state index contributed by atoms with van der Waals surface area (Å²) in [6.07, 6.45) is 60.8. The lowest BCUT2D eigenvalue weighted by Gasteiger charge is -2.18. The van der Waals surface area contributed by atoms with Gasteiger partial charge in [0.2, 0.25) is 0 Å². The molecule has 0 saturated carbocycles. The molecule has 0 amide bonds. The minimum atomic E-state index is -0.544. The molecule has 0 N–H and O–H groups in total. The van der Waals surface area contributed by atoms with Crippen LogP contribution in [-0.2, 0) is 23.8 Å². The molecule has 5 nitrogen and oxygen atoms in total. The molecule has 336 valence electrons.